The molecule has 1 fully saturated rings. The Morgan fingerprint density at radius 2 is 2.35 bits per heavy atom. The summed E-state index contributed by atoms with van der Waals surface area (Å²) < 4.78 is 0. The molecule has 1 amide bonds. The molecule has 1 N–H and O–H groups in total. The van der Waals surface area contributed by atoms with Gasteiger partial charge in [0.25, 0.3) is 5.91 Å². The van der Waals surface area contributed by atoms with Gasteiger partial charge in [-0.2, -0.15) is 5.10 Å². The summed E-state index contributed by atoms with van der Waals surface area (Å²) in [6, 6.07) is 0. The number of carbonyl (C=O) groups excluding carboxylic acids is 1. The van der Waals surface area contributed by atoms with E-state index in [-0.39, 0.29) is 11.8 Å². The van der Waals surface area contributed by atoms with Crippen LogP contribution in [-0.4, -0.2) is 49.0 Å². The van der Waals surface area contributed by atoms with Gasteiger partial charge in [-0.25, -0.2) is 15.0 Å². The molecule has 23 heavy (non-hydrogen) atoms. The molecule has 1 aliphatic heterocycles. The molecule has 7 nitrogen and oxygen atoms in total. The van der Waals surface area contributed by atoms with Crippen LogP contribution < -0.4 is 0 Å². The first-order valence-electron chi connectivity index (χ1n) is 8.16. The van der Waals surface area contributed by atoms with Gasteiger partial charge in [0.05, 0.1) is 11.3 Å². The van der Waals surface area contributed by atoms with Gasteiger partial charge in [-0.15, -0.1) is 0 Å². The largest absolute Gasteiger partial charge is 0.338 e. The van der Waals surface area contributed by atoms with Gasteiger partial charge in [0, 0.05) is 25.2 Å². The highest BCUT2D eigenvalue weighted by Crippen LogP contribution is 2.25. The van der Waals surface area contributed by atoms with E-state index in [4.69, 9.17) is 0 Å². The van der Waals surface area contributed by atoms with Gasteiger partial charge in [-0.1, -0.05) is 13.3 Å². The molecule has 1 aliphatic rings. The van der Waals surface area contributed by atoms with Crippen LogP contribution in [0.2, 0.25) is 0 Å². The van der Waals surface area contributed by atoms with Crippen molar-refractivity contribution in [2.45, 2.75) is 45.4 Å². The number of aryl methyl sites for hydroxylation is 2. The quantitative estimate of drug-likeness (QED) is 0.931. The lowest BCUT2D eigenvalue weighted by Crippen LogP contribution is -2.40. The highest BCUT2D eigenvalue weighted by atomic mass is 16.2. The van der Waals surface area contributed by atoms with E-state index in [1.807, 2.05) is 11.8 Å². The zero-order chi connectivity index (χ0) is 16.2. The summed E-state index contributed by atoms with van der Waals surface area (Å²) in [7, 11) is 0. The van der Waals surface area contributed by atoms with E-state index in [1.54, 1.807) is 6.20 Å². The first-order valence-corrected chi connectivity index (χ1v) is 8.16. The summed E-state index contributed by atoms with van der Waals surface area (Å²) >= 11 is 0. The number of H-pyrrole nitrogens is 1. The van der Waals surface area contributed by atoms with E-state index in [0.29, 0.717) is 12.1 Å². The Kier molecular flexibility index (Phi) is 4.64. The van der Waals surface area contributed by atoms with Crippen LogP contribution in [0.1, 0.15) is 59.8 Å². The lowest BCUT2D eigenvalue weighted by atomic mass is 9.96. The van der Waals surface area contributed by atoms with Gasteiger partial charge >= 0.3 is 0 Å². The van der Waals surface area contributed by atoms with Crippen LogP contribution in [0.3, 0.4) is 0 Å². The number of aromatic nitrogens is 5. The van der Waals surface area contributed by atoms with Crippen molar-refractivity contribution in [3.05, 3.63) is 35.4 Å². The van der Waals surface area contributed by atoms with E-state index < -0.39 is 0 Å². The maximum Gasteiger partial charge on any atom is 0.257 e. The molecule has 2 aromatic heterocycles. The SMILES string of the molecule is CCCc1ncncc1C(=O)N1CCCC(c2n[nH]c(C)n2)C1. The first-order chi connectivity index (χ1) is 11.2. The molecular formula is C16H22N6O. The summed E-state index contributed by atoms with van der Waals surface area (Å²) in [5, 5.41) is 7.14. The second-order valence-corrected chi connectivity index (χ2v) is 6.00. The zero-order valence-corrected chi connectivity index (χ0v) is 13.6. The Labute approximate surface area is 135 Å². The molecule has 3 heterocycles. The molecule has 1 atom stereocenters. The van der Waals surface area contributed by atoms with Crippen LogP contribution >= 0.6 is 0 Å². The van der Waals surface area contributed by atoms with Crippen molar-refractivity contribution in [1.82, 2.24) is 30.0 Å². The summed E-state index contributed by atoms with van der Waals surface area (Å²) in [6.45, 7) is 5.38. The van der Waals surface area contributed by atoms with Crippen molar-refractivity contribution < 1.29 is 4.79 Å². The average molecular weight is 314 g/mol. The molecule has 1 unspecified atom stereocenters. The fourth-order valence-electron chi connectivity index (χ4n) is 3.05. The van der Waals surface area contributed by atoms with Gasteiger partial charge in [-0.3, -0.25) is 9.89 Å². The fraction of sp³-hybridized carbons (Fsp3) is 0.562. The number of nitrogens with zero attached hydrogens (tertiary/aromatic N) is 5. The second kappa shape index (κ2) is 6.85. The third kappa shape index (κ3) is 3.38. The van der Waals surface area contributed by atoms with Crippen LogP contribution in [0, 0.1) is 6.92 Å². The van der Waals surface area contributed by atoms with Crippen LogP contribution in [0.15, 0.2) is 12.5 Å². The molecule has 3 rings (SSSR count). The van der Waals surface area contributed by atoms with Gasteiger partial charge < -0.3 is 4.90 Å². The number of nitrogens with one attached hydrogen (secondary N) is 1. The minimum Gasteiger partial charge on any atom is -0.338 e. The van der Waals surface area contributed by atoms with Crippen LogP contribution in [0.25, 0.3) is 0 Å². The number of amides is 1. The monoisotopic (exact) mass is 314 g/mol. The zero-order valence-electron chi connectivity index (χ0n) is 13.6. The average Bonchev–Trinajstić information content (AvgIpc) is 3.02. The van der Waals surface area contributed by atoms with Gasteiger partial charge in [0.2, 0.25) is 0 Å². The maximum atomic E-state index is 12.9. The first kappa shape index (κ1) is 15.6. The number of carbonyl (C=O) groups is 1. The number of likely N-dealkylation sites (tertiary alicyclic amines) is 1. The smallest absolute Gasteiger partial charge is 0.257 e. The van der Waals surface area contributed by atoms with Gasteiger partial charge in [0.15, 0.2) is 5.82 Å². The second-order valence-electron chi connectivity index (χ2n) is 6.00. The Morgan fingerprint density at radius 3 is 3.09 bits per heavy atom. The van der Waals surface area contributed by atoms with Crippen molar-refractivity contribution in [3.63, 3.8) is 0 Å². The van der Waals surface area contributed by atoms with Crippen molar-refractivity contribution >= 4 is 5.91 Å². The molecule has 2 aromatic rings. The van der Waals surface area contributed by atoms with Gasteiger partial charge in [0.1, 0.15) is 12.2 Å². The van der Waals surface area contributed by atoms with Crippen molar-refractivity contribution in [2.24, 2.45) is 0 Å². The molecule has 0 aliphatic carbocycles. The molecule has 0 saturated carbocycles. The van der Waals surface area contributed by atoms with Crippen molar-refractivity contribution in [1.29, 1.82) is 0 Å². The standard InChI is InChI=1S/C16H22N6O/c1-3-5-14-13(8-17-10-18-14)16(23)22-7-4-6-12(9-22)15-19-11(2)20-21-15/h8,10,12H,3-7,9H2,1-2H3,(H,19,20,21). The van der Waals surface area contributed by atoms with Crippen molar-refractivity contribution in [2.75, 3.05) is 13.1 Å². The van der Waals surface area contributed by atoms with Gasteiger partial charge in [-0.05, 0) is 26.2 Å². The van der Waals surface area contributed by atoms with Crippen LogP contribution in [-0.2, 0) is 6.42 Å². The lowest BCUT2D eigenvalue weighted by Gasteiger charge is -2.31. The Bertz CT molecular complexity index is 683. The molecule has 0 spiro atoms. The fourth-order valence-corrected chi connectivity index (χ4v) is 3.05. The highest BCUT2D eigenvalue weighted by Gasteiger charge is 2.28. The predicted octanol–water partition coefficient (Wildman–Crippen LogP) is 1.88. The molecule has 1 saturated heterocycles. The highest BCUT2D eigenvalue weighted by molar-refractivity contribution is 5.95. The normalized spacial score (nSPS) is 18.2. The number of aromatic amines is 1. The van der Waals surface area contributed by atoms with Crippen LogP contribution in [0.4, 0.5) is 0 Å². The molecule has 122 valence electrons. The Balaban J connectivity index is 1.77. The van der Waals surface area contributed by atoms with E-state index in [9.17, 15) is 4.79 Å². The minimum atomic E-state index is 0.0195. The van der Waals surface area contributed by atoms with E-state index in [2.05, 4.69) is 32.1 Å². The number of rotatable bonds is 4. The predicted molar refractivity (Wildman–Crippen MR) is 85.0 cm³/mol. The summed E-state index contributed by atoms with van der Waals surface area (Å²) in [4.78, 5) is 27.5. The molecule has 7 heteroatoms. The summed E-state index contributed by atoms with van der Waals surface area (Å²) in [5.41, 5.74) is 1.46. The van der Waals surface area contributed by atoms with E-state index in [0.717, 1.165) is 49.6 Å². The van der Waals surface area contributed by atoms with E-state index >= 15 is 0 Å². The minimum absolute atomic E-state index is 0.0195. The molecular weight excluding hydrogens is 292 g/mol. The molecule has 0 radical (unpaired) electrons. The number of piperidine rings is 1. The third-order valence-electron chi connectivity index (χ3n) is 4.20. The molecule has 0 bridgehead atoms. The van der Waals surface area contributed by atoms with E-state index in [1.165, 1.54) is 6.33 Å². The van der Waals surface area contributed by atoms with Crippen molar-refractivity contribution in [3.8, 4) is 0 Å². The summed E-state index contributed by atoms with van der Waals surface area (Å²) in [5.74, 6) is 1.83. The molecule has 0 aromatic carbocycles. The Hall–Kier alpha value is -2.31. The summed E-state index contributed by atoms with van der Waals surface area (Å²) in [6.07, 6.45) is 6.87. The number of hydrogen-bond acceptors (Lipinski definition) is 5. The van der Waals surface area contributed by atoms with Crippen LogP contribution in [0.5, 0.6) is 0 Å². The Morgan fingerprint density at radius 1 is 1.48 bits per heavy atom. The number of hydrogen-bond donors (Lipinski definition) is 1. The third-order valence-corrected chi connectivity index (χ3v) is 4.20. The topological polar surface area (TPSA) is 87.7 Å². The maximum absolute atomic E-state index is 12.9. The lowest BCUT2D eigenvalue weighted by molar-refractivity contribution is 0.0702.